The molecule has 2 unspecified atom stereocenters. The van der Waals surface area contributed by atoms with Gasteiger partial charge in [0, 0.05) is 0 Å². The Morgan fingerprint density at radius 1 is 1.24 bits per heavy atom. The van der Waals surface area contributed by atoms with Crippen molar-refractivity contribution in [1.82, 2.24) is 5.32 Å². The van der Waals surface area contributed by atoms with Crippen LogP contribution in [0.15, 0.2) is 53.1 Å². The molecule has 4 nitrogen and oxygen atoms in total. The zero-order chi connectivity index (χ0) is 15.1. The van der Waals surface area contributed by atoms with E-state index in [9.17, 15) is 4.79 Å². The zero-order valence-electron chi connectivity index (χ0n) is 12.3. The number of amides is 1. The van der Waals surface area contributed by atoms with E-state index in [0.717, 1.165) is 18.4 Å². The fraction of sp³-hybridized carbons (Fsp3) is 0.353. The fourth-order valence-electron chi connectivity index (χ4n) is 2.22. The van der Waals surface area contributed by atoms with Crippen molar-refractivity contribution in [1.29, 1.82) is 0 Å². The second kappa shape index (κ2) is 7.64. The van der Waals surface area contributed by atoms with Gasteiger partial charge >= 0.3 is 0 Å². The quantitative estimate of drug-likeness (QED) is 0.822. The number of hydrogen-bond acceptors (Lipinski definition) is 3. The van der Waals surface area contributed by atoms with Gasteiger partial charge in [-0.1, -0.05) is 50.1 Å². The summed E-state index contributed by atoms with van der Waals surface area (Å²) in [7, 11) is 0. The number of nitrogens with one attached hydrogen (secondary N) is 1. The Bertz CT molecular complexity index is 537. The van der Waals surface area contributed by atoms with Crippen LogP contribution >= 0.6 is 0 Å². The van der Waals surface area contributed by atoms with E-state index >= 15 is 0 Å². The van der Waals surface area contributed by atoms with Gasteiger partial charge in [-0.15, -0.1) is 0 Å². The molecule has 2 aromatic rings. The molecule has 1 aromatic heterocycles. The van der Waals surface area contributed by atoms with Gasteiger partial charge in [-0.3, -0.25) is 4.79 Å². The van der Waals surface area contributed by atoms with E-state index in [1.165, 1.54) is 0 Å². The Hall–Kier alpha value is -2.07. The molecule has 4 heteroatoms. The second-order valence-corrected chi connectivity index (χ2v) is 5.12. The van der Waals surface area contributed by atoms with Gasteiger partial charge in [0.05, 0.1) is 12.3 Å². The largest absolute Gasteiger partial charge is 0.467 e. The molecule has 0 saturated carbocycles. The van der Waals surface area contributed by atoms with E-state index in [2.05, 4.69) is 12.2 Å². The van der Waals surface area contributed by atoms with Crippen molar-refractivity contribution in [3.63, 3.8) is 0 Å². The lowest BCUT2D eigenvalue weighted by Gasteiger charge is -2.20. The van der Waals surface area contributed by atoms with Gasteiger partial charge in [0.15, 0.2) is 0 Å². The van der Waals surface area contributed by atoms with Crippen LogP contribution in [-0.4, -0.2) is 11.9 Å². The summed E-state index contributed by atoms with van der Waals surface area (Å²) in [6, 6.07) is 12.6. The highest BCUT2D eigenvalue weighted by atomic mass is 16.3. The molecular weight excluding hydrogens is 264 g/mol. The van der Waals surface area contributed by atoms with Crippen LogP contribution in [0.2, 0.25) is 0 Å². The molecule has 1 heterocycles. The van der Waals surface area contributed by atoms with Crippen molar-refractivity contribution in [3.8, 4) is 0 Å². The van der Waals surface area contributed by atoms with Crippen LogP contribution < -0.4 is 11.1 Å². The van der Waals surface area contributed by atoms with Crippen molar-refractivity contribution in [2.24, 2.45) is 5.73 Å². The molecule has 0 fully saturated rings. The highest BCUT2D eigenvalue weighted by Crippen LogP contribution is 2.22. The molecule has 0 aliphatic heterocycles. The Balaban J connectivity index is 2.12. The van der Waals surface area contributed by atoms with Gasteiger partial charge in [-0.25, -0.2) is 0 Å². The molecular formula is C17H22N2O2. The molecule has 21 heavy (non-hydrogen) atoms. The fourth-order valence-corrected chi connectivity index (χ4v) is 2.22. The Labute approximate surface area is 125 Å². The van der Waals surface area contributed by atoms with Crippen molar-refractivity contribution in [2.75, 3.05) is 0 Å². The van der Waals surface area contributed by atoms with Gasteiger partial charge in [0.25, 0.3) is 0 Å². The van der Waals surface area contributed by atoms with Crippen molar-refractivity contribution < 1.29 is 9.21 Å². The summed E-state index contributed by atoms with van der Waals surface area (Å²) in [6.45, 7) is 2.08. The standard InChI is InChI=1S/C17H22N2O2/c1-2-3-10-14(18)17(20)19-16(15-11-7-12-21-15)13-8-5-4-6-9-13/h4-9,11-12,14,16H,2-3,10,18H2,1H3,(H,19,20). The summed E-state index contributed by atoms with van der Waals surface area (Å²) in [5, 5.41) is 2.99. The van der Waals surface area contributed by atoms with Crippen molar-refractivity contribution in [2.45, 2.75) is 38.3 Å². The van der Waals surface area contributed by atoms with Crippen LogP contribution in [0.5, 0.6) is 0 Å². The first-order valence-electron chi connectivity index (χ1n) is 7.36. The Morgan fingerprint density at radius 3 is 2.62 bits per heavy atom. The number of hydrogen-bond donors (Lipinski definition) is 2. The van der Waals surface area contributed by atoms with Crippen LogP contribution in [0.1, 0.15) is 43.6 Å². The zero-order valence-corrected chi connectivity index (χ0v) is 12.3. The molecule has 0 saturated heterocycles. The number of nitrogens with two attached hydrogens (primary N) is 1. The van der Waals surface area contributed by atoms with Crippen LogP contribution in [-0.2, 0) is 4.79 Å². The lowest BCUT2D eigenvalue weighted by molar-refractivity contribution is -0.123. The summed E-state index contributed by atoms with van der Waals surface area (Å²) in [5.74, 6) is 0.561. The molecule has 0 aliphatic carbocycles. The number of rotatable bonds is 7. The molecule has 0 radical (unpaired) electrons. The highest BCUT2D eigenvalue weighted by molar-refractivity contribution is 5.82. The number of unbranched alkanes of at least 4 members (excludes halogenated alkanes) is 1. The Morgan fingerprint density at radius 2 is 2.00 bits per heavy atom. The minimum absolute atomic E-state index is 0.145. The van der Waals surface area contributed by atoms with E-state index in [1.807, 2.05) is 42.5 Å². The van der Waals surface area contributed by atoms with Crippen LogP contribution in [0.3, 0.4) is 0 Å². The van der Waals surface area contributed by atoms with Gasteiger partial charge < -0.3 is 15.5 Å². The molecule has 2 rings (SSSR count). The van der Waals surface area contributed by atoms with Gasteiger partial charge in [-0.2, -0.15) is 0 Å². The van der Waals surface area contributed by atoms with E-state index in [4.69, 9.17) is 10.2 Å². The van der Waals surface area contributed by atoms with Crippen LogP contribution in [0.4, 0.5) is 0 Å². The van der Waals surface area contributed by atoms with Gasteiger partial charge in [-0.05, 0) is 24.1 Å². The SMILES string of the molecule is CCCCC(N)C(=O)NC(c1ccccc1)c1ccco1. The summed E-state index contributed by atoms with van der Waals surface area (Å²) >= 11 is 0. The average molecular weight is 286 g/mol. The predicted octanol–water partition coefficient (Wildman–Crippen LogP) is 3.00. The van der Waals surface area contributed by atoms with Gasteiger partial charge in [0.1, 0.15) is 11.8 Å². The maximum Gasteiger partial charge on any atom is 0.237 e. The van der Waals surface area contributed by atoms with Crippen molar-refractivity contribution >= 4 is 5.91 Å². The monoisotopic (exact) mass is 286 g/mol. The first-order valence-corrected chi connectivity index (χ1v) is 7.36. The topological polar surface area (TPSA) is 68.3 Å². The van der Waals surface area contributed by atoms with E-state index in [1.54, 1.807) is 6.26 Å². The molecule has 112 valence electrons. The predicted molar refractivity (Wildman–Crippen MR) is 82.6 cm³/mol. The Kier molecular flexibility index (Phi) is 5.58. The van der Waals surface area contributed by atoms with Crippen LogP contribution in [0, 0.1) is 0 Å². The third-order valence-electron chi connectivity index (χ3n) is 3.45. The molecule has 0 aliphatic rings. The van der Waals surface area contributed by atoms with E-state index in [-0.39, 0.29) is 11.9 Å². The third kappa shape index (κ3) is 4.20. The normalized spacial score (nSPS) is 13.6. The maximum absolute atomic E-state index is 12.3. The van der Waals surface area contributed by atoms with E-state index < -0.39 is 6.04 Å². The lowest BCUT2D eigenvalue weighted by Crippen LogP contribution is -2.42. The molecule has 1 amide bonds. The van der Waals surface area contributed by atoms with Crippen molar-refractivity contribution in [3.05, 3.63) is 60.1 Å². The lowest BCUT2D eigenvalue weighted by atomic mass is 10.0. The third-order valence-corrected chi connectivity index (χ3v) is 3.45. The molecule has 1 aromatic carbocycles. The highest BCUT2D eigenvalue weighted by Gasteiger charge is 2.22. The summed E-state index contributed by atoms with van der Waals surface area (Å²) in [4.78, 5) is 12.3. The number of carbonyl (C=O) groups excluding carboxylic acids is 1. The molecule has 0 spiro atoms. The number of benzene rings is 1. The molecule has 2 atom stereocenters. The summed E-state index contributed by atoms with van der Waals surface area (Å²) in [5.41, 5.74) is 6.92. The van der Waals surface area contributed by atoms with E-state index in [0.29, 0.717) is 12.2 Å². The first kappa shape index (κ1) is 15.3. The number of furan rings is 1. The smallest absolute Gasteiger partial charge is 0.237 e. The summed E-state index contributed by atoms with van der Waals surface area (Å²) < 4.78 is 5.46. The molecule has 3 N–H and O–H groups in total. The maximum atomic E-state index is 12.3. The minimum Gasteiger partial charge on any atom is -0.467 e. The molecule has 0 bridgehead atoms. The minimum atomic E-state index is -0.480. The second-order valence-electron chi connectivity index (χ2n) is 5.12. The summed E-state index contributed by atoms with van der Waals surface area (Å²) in [6.07, 6.45) is 4.28. The van der Waals surface area contributed by atoms with Gasteiger partial charge in [0.2, 0.25) is 5.91 Å². The average Bonchev–Trinajstić information content (AvgIpc) is 3.04. The van der Waals surface area contributed by atoms with Crippen LogP contribution in [0.25, 0.3) is 0 Å². The first-order chi connectivity index (χ1) is 10.2. The number of carbonyl (C=O) groups is 1.